The predicted octanol–water partition coefficient (Wildman–Crippen LogP) is 2.32. The molecule has 9 heteroatoms. The molecule has 1 amide bonds. The number of aliphatic carboxylic acids is 1. The molecule has 0 aliphatic carbocycles. The number of amides is 1. The number of nitro groups is 1. The lowest BCUT2D eigenvalue weighted by Gasteiger charge is -2.08. The second kappa shape index (κ2) is 7.77. The van der Waals surface area contributed by atoms with Gasteiger partial charge in [-0.15, -0.1) is 0 Å². The quantitative estimate of drug-likeness (QED) is 0.581. The SMILES string of the molecule is COc1ccc(C(=O)Nc2ccc(OCC(=O)O)cc2)cc1[N+](=O)[O-]. The highest BCUT2D eigenvalue weighted by Gasteiger charge is 2.18. The molecule has 0 spiro atoms. The van der Waals surface area contributed by atoms with Crippen LogP contribution in [0.2, 0.25) is 0 Å². The van der Waals surface area contributed by atoms with Crippen LogP contribution in [0.3, 0.4) is 0 Å². The number of carboxylic acid groups (broad SMARTS) is 1. The van der Waals surface area contributed by atoms with Gasteiger partial charge in [0.25, 0.3) is 5.91 Å². The Bertz CT molecular complexity index is 803. The first-order valence-electron chi connectivity index (χ1n) is 6.99. The zero-order valence-corrected chi connectivity index (χ0v) is 13.1. The van der Waals surface area contributed by atoms with Gasteiger partial charge < -0.3 is 19.9 Å². The number of carboxylic acids is 1. The van der Waals surface area contributed by atoms with Crippen LogP contribution < -0.4 is 14.8 Å². The Morgan fingerprint density at radius 2 is 1.88 bits per heavy atom. The third-order valence-electron chi connectivity index (χ3n) is 3.11. The van der Waals surface area contributed by atoms with Crippen molar-refractivity contribution in [1.82, 2.24) is 0 Å². The highest BCUT2D eigenvalue weighted by Crippen LogP contribution is 2.28. The molecule has 9 nitrogen and oxygen atoms in total. The normalized spacial score (nSPS) is 9.96. The molecule has 0 saturated carbocycles. The van der Waals surface area contributed by atoms with Crippen LogP contribution in [0.15, 0.2) is 42.5 Å². The van der Waals surface area contributed by atoms with Crippen molar-refractivity contribution in [3.63, 3.8) is 0 Å². The van der Waals surface area contributed by atoms with Gasteiger partial charge in [0.05, 0.1) is 12.0 Å². The molecular weight excluding hydrogens is 332 g/mol. The number of nitrogens with zero attached hydrogens (tertiary/aromatic N) is 1. The molecule has 2 rings (SSSR count). The fraction of sp³-hybridized carbons (Fsp3) is 0.125. The largest absolute Gasteiger partial charge is 0.490 e. The lowest BCUT2D eigenvalue weighted by Crippen LogP contribution is -2.12. The van der Waals surface area contributed by atoms with Gasteiger partial charge in [0.15, 0.2) is 12.4 Å². The predicted molar refractivity (Wildman–Crippen MR) is 87.2 cm³/mol. The summed E-state index contributed by atoms with van der Waals surface area (Å²) in [5.41, 5.74) is 0.206. The molecule has 130 valence electrons. The third kappa shape index (κ3) is 4.67. The molecule has 0 atom stereocenters. The molecule has 0 aliphatic heterocycles. The molecule has 25 heavy (non-hydrogen) atoms. The van der Waals surface area contributed by atoms with Crippen molar-refractivity contribution in [1.29, 1.82) is 0 Å². The molecule has 0 unspecified atom stereocenters. The van der Waals surface area contributed by atoms with Gasteiger partial charge in [-0.1, -0.05) is 0 Å². The average molecular weight is 346 g/mol. The third-order valence-corrected chi connectivity index (χ3v) is 3.11. The summed E-state index contributed by atoms with van der Waals surface area (Å²) in [7, 11) is 1.30. The minimum Gasteiger partial charge on any atom is -0.490 e. The molecular formula is C16H14N2O7. The summed E-state index contributed by atoms with van der Waals surface area (Å²) >= 11 is 0. The zero-order valence-electron chi connectivity index (χ0n) is 13.1. The van der Waals surface area contributed by atoms with Crippen molar-refractivity contribution in [2.45, 2.75) is 0 Å². The number of methoxy groups -OCH3 is 1. The van der Waals surface area contributed by atoms with E-state index < -0.39 is 23.4 Å². The van der Waals surface area contributed by atoms with Crippen molar-refractivity contribution in [3.8, 4) is 11.5 Å². The molecule has 0 heterocycles. The minimum absolute atomic E-state index is 0.0569. The van der Waals surface area contributed by atoms with Crippen LogP contribution in [0.25, 0.3) is 0 Å². The van der Waals surface area contributed by atoms with Gasteiger partial charge in [-0.2, -0.15) is 0 Å². The first-order valence-corrected chi connectivity index (χ1v) is 6.99. The van der Waals surface area contributed by atoms with Crippen molar-refractivity contribution in [2.75, 3.05) is 19.0 Å². The lowest BCUT2D eigenvalue weighted by molar-refractivity contribution is -0.385. The van der Waals surface area contributed by atoms with Crippen LogP contribution in [0.5, 0.6) is 11.5 Å². The molecule has 0 aromatic heterocycles. The van der Waals surface area contributed by atoms with Gasteiger partial charge in [-0.3, -0.25) is 14.9 Å². The van der Waals surface area contributed by atoms with E-state index in [1.807, 2.05) is 0 Å². The van der Waals surface area contributed by atoms with Gasteiger partial charge in [0, 0.05) is 17.3 Å². The van der Waals surface area contributed by atoms with E-state index in [-0.39, 0.29) is 17.0 Å². The number of carbonyl (C=O) groups excluding carboxylic acids is 1. The van der Waals surface area contributed by atoms with Gasteiger partial charge in [0.1, 0.15) is 5.75 Å². The van der Waals surface area contributed by atoms with Crippen molar-refractivity contribution in [2.24, 2.45) is 0 Å². The van der Waals surface area contributed by atoms with Crippen LogP contribution in [0.1, 0.15) is 10.4 Å². The van der Waals surface area contributed by atoms with Crippen LogP contribution in [0, 0.1) is 10.1 Å². The van der Waals surface area contributed by atoms with Crippen LogP contribution in [0.4, 0.5) is 11.4 Å². The van der Waals surface area contributed by atoms with E-state index in [1.165, 1.54) is 43.5 Å². The Morgan fingerprint density at radius 1 is 1.20 bits per heavy atom. The van der Waals surface area contributed by atoms with E-state index in [0.717, 1.165) is 6.07 Å². The Balaban J connectivity index is 2.10. The fourth-order valence-electron chi connectivity index (χ4n) is 1.96. The first kappa shape index (κ1) is 17.7. The fourth-order valence-corrected chi connectivity index (χ4v) is 1.96. The Morgan fingerprint density at radius 3 is 2.44 bits per heavy atom. The van der Waals surface area contributed by atoms with Crippen LogP contribution >= 0.6 is 0 Å². The summed E-state index contributed by atoms with van der Waals surface area (Å²) in [5.74, 6) is -1.24. The molecule has 0 fully saturated rings. The van der Waals surface area contributed by atoms with Gasteiger partial charge in [-0.25, -0.2) is 4.79 Å². The number of hydrogen-bond donors (Lipinski definition) is 2. The summed E-state index contributed by atoms with van der Waals surface area (Å²) in [6, 6.07) is 9.91. The van der Waals surface area contributed by atoms with E-state index in [4.69, 9.17) is 14.6 Å². The second-order valence-electron chi connectivity index (χ2n) is 4.80. The number of carbonyl (C=O) groups is 2. The maximum atomic E-state index is 12.2. The lowest BCUT2D eigenvalue weighted by atomic mass is 10.1. The van der Waals surface area contributed by atoms with Gasteiger partial charge in [0.2, 0.25) is 0 Å². The Hall–Kier alpha value is -3.62. The average Bonchev–Trinajstić information content (AvgIpc) is 2.60. The highest BCUT2D eigenvalue weighted by atomic mass is 16.6. The molecule has 2 aromatic rings. The van der Waals surface area contributed by atoms with Crippen LogP contribution in [-0.4, -0.2) is 35.6 Å². The topological polar surface area (TPSA) is 128 Å². The summed E-state index contributed by atoms with van der Waals surface area (Å²) < 4.78 is 9.86. The summed E-state index contributed by atoms with van der Waals surface area (Å²) in [4.78, 5) is 33.0. The molecule has 0 bridgehead atoms. The van der Waals surface area contributed by atoms with Crippen LogP contribution in [-0.2, 0) is 4.79 Å². The number of benzene rings is 2. The molecule has 2 N–H and O–H groups in total. The van der Waals surface area contributed by atoms with Crippen molar-refractivity contribution < 1.29 is 29.1 Å². The van der Waals surface area contributed by atoms with Crippen molar-refractivity contribution in [3.05, 3.63) is 58.1 Å². The maximum absolute atomic E-state index is 12.2. The monoisotopic (exact) mass is 346 g/mol. The molecule has 2 aromatic carbocycles. The Labute approximate surface area is 141 Å². The van der Waals surface area contributed by atoms with Crippen molar-refractivity contribution >= 4 is 23.3 Å². The van der Waals surface area contributed by atoms with E-state index in [1.54, 1.807) is 0 Å². The minimum atomic E-state index is -1.10. The Kier molecular flexibility index (Phi) is 5.51. The number of ether oxygens (including phenoxy) is 2. The number of nitro benzene ring substituents is 1. The number of nitrogens with one attached hydrogen (secondary N) is 1. The highest BCUT2D eigenvalue weighted by molar-refractivity contribution is 6.04. The second-order valence-corrected chi connectivity index (χ2v) is 4.80. The summed E-state index contributed by atoms with van der Waals surface area (Å²) in [6.45, 7) is -0.471. The zero-order chi connectivity index (χ0) is 18.4. The van der Waals surface area contributed by atoms with Gasteiger partial charge >= 0.3 is 11.7 Å². The standard InChI is InChI=1S/C16H14N2O7/c1-24-14-7-2-10(8-13(14)18(22)23)16(21)17-11-3-5-12(6-4-11)25-9-15(19)20/h2-8H,9H2,1H3,(H,17,21)(H,19,20). The summed E-state index contributed by atoms with van der Waals surface area (Å²) in [6.07, 6.45) is 0. The smallest absolute Gasteiger partial charge is 0.341 e. The number of hydrogen-bond acceptors (Lipinski definition) is 6. The maximum Gasteiger partial charge on any atom is 0.341 e. The first-order chi connectivity index (χ1) is 11.9. The van der Waals surface area contributed by atoms with E-state index in [9.17, 15) is 19.7 Å². The van der Waals surface area contributed by atoms with E-state index in [0.29, 0.717) is 11.4 Å². The molecule has 0 radical (unpaired) electrons. The van der Waals surface area contributed by atoms with E-state index in [2.05, 4.69) is 5.32 Å². The molecule has 0 saturated heterocycles. The molecule has 0 aliphatic rings. The summed E-state index contributed by atoms with van der Waals surface area (Å²) in [5, 5.41) is 22.1. The number of rotatable bonds is 7. The van der Waals surface area contributed by atoms with E-state index >= 15 is 0 Å². The number of anilines is 1. The van der Waals surface area contributed by atoms with Gasteiger partial charge in [-0.05, 0) is 36.4 Å².